The number of fused-ring (bicyclic) bond motifs is 1. The van der Waals surface area contributed by atoms with Crippen LogP contribution in [0.25, 0.3) is 5.57 Å². The van der Waals surface area contributed by atoms with Crippen molar-refractivity contribution in [2.75, 3.05) is 26.6 Å². The summed E-state index contributed by atoms with van der Waals surface area (Å²) in [6.45, 7) is 6.05. The van der Waals surface area contributed by atoms with Crippen LogP contribution < -0.4 is 15.8 Å². The van der Waals surface area contributed by atoms with E-state index >= 15 is 0 Å². The average molecular weight is 488 g/mol. The van der Waals surface area contributed by atoms with Crippen LogP contribution in [0.15, 0.2) is 59.4 Å². The zero-order valence-electron chi connectivity index (χ0n) is 21.7. The molecule has 3 N–H and O–H groups in total. The van der Waals surface area contributed by atoms with E-state index in [1.54, 1.807) is 25.2 Å². The summed E-state index contributed by atoms with van der Waals surface area (Å²) in [5.41, 5.74) is 13.8. The predicted molar refractivity (Wildman–Crippen MR) is 144 cm³/mol. The first-order valence-corrected chi connectivity index (χ1v) is 11.9. The summed E-state index contributed by atoms with van der Waals surface area (Å²) in [4.78, 5) is 25.7. The van der Waals surface area contributed by atoms with E-state index in [-0.39, 0.29) is 0 Å². The highest BCUT2D eigenvalue weighted by Gasteiger charge is 2.25. The quantitative estimate of drug-likeness (QED) is 0.368. The number of anilines is 2. The van der Waals surface area contributed by atoms with E-state index in [4.69, 9.17) is 20.2 Å². The third-order valence-electron chi connectivity index (χ3n) is 5.74. The van der Waals surface area contributed by atoms with Gasteiger partial charge in [0.05, 0.1) is 36.9 Å². The fraction of sp³-hybridized carbons (Fsp3) is 0.286. The molecule has 8 nitrogen and oxygen atoms in total. The lowest BCUT2D eigenvalue weighted by molar-refractivity contribution is 0.0600. The topological polar surface area (TPSA) is 112 Å². The fourth-order valence-electron chi connectivity index (χ4n) is 3.93. The van der Waals surface area contributed by atoms with Gasteiger partial charge in [-0.05, 0) is 43.5 Å². The molecule has 0 unspecified atom stereocenters. The molecule has 1 aromatic heterocycles. The molecule has 2 aromatic carbocycles. The Balaban J connectivity index is 0.00000176. The van der Waals surface area contributed by atoms with E-state index in [0.29, 0.717) is 29.4 Å². The zero-order chi connectivity index (χ0) is 26.2. The van der Waals surface area contributed by atoms with Crippen LogP contribution in [0.3, 0.4) is 0 Å². The predicted octanol–water partition coefficient (Wildman–Crippen LogP) is 5.09. The summed E-state index contributed by atoms with van der Waals surface area (Å²) in [5.74, 6) is 0.409. The van der Waals surface area contributed by atoms with Gasteiger partial charge in [-0.2, -0.15) is 0 Å². The van der Waals surface area contributed by atoms with Gasteiger partial charge in [-0.15, -0.1) is 0 Å². The minimum absolute atomic E-state index is 0.384. The molecule has 0 aliphatic heterocycles. The van der Waals surface area contributed by atoms with Gasteiger partial charge in [0.2, 0.25) is 5.95 Å². The van der Waals surface area contributed by atoms with Crippen molar-refractivity contribution in [3.05, 3.63) is 82.3 Å². The Kier molecular flexibility index (Phi) is 8.78. The van der Waals surface area contributed by atoms with Gasteiger partial charge in [-0.1, -0.05) is 43.7 Å². The highest BCUT2D eigenvalue weighted by Crippen LogP contribution is 2.33. The third kappa shape index (κ3) is 5.54. The number of methoxy groups -OCH3 is 2. The lowest BCUT2D eigenvalue weighted by Gasteiger charge is -2.22. The Morgan fingerprint density at radius 1 is 1.06 bits per heavy atom. The Morgan fingerprint density at radius 2 is 1.75 bits per heavy atom. The Hall–Kier alpha value is -4.20. The van der Waals surface area contributed by atoms with Gasteiger partial charge < -0.3 is 20.5 Å². The maximum Gasteiger partial charge on any atom is 0.337 e. The van der Waals surface area contributed by atoms with Crippen LogP contribution in [-0.4, -0.2) is 42.9 Å². The first-order chi connectivity index (χ1) is 17.4. The minimum atomic E-state index is -0.442. The van der Waals surface area contributed by atoms with Crippen LogP contribution in [0.2, 0.25) is 0 Å². The summed E-state index contributed by atoms with van der Waals surface area (Å²) in [6, 6.07) is 13.2. The molecule has 4 rings (SSSR count). The van der Waals surface area contributed by atoms with Crippen molar-refractivity contribution in [3.8, 4) is 5.75 Å². The number of aliphatic imine (C=N–C) groups is 1. The van der Waals surface area contributed by atoms with Crippen molar-refractivity contribution in [2.24, 2.45) is 10.7 Å². The van der Waals surface area contributed by atoms with Crippen molar-refractivity contribution >= 4 is 28.9 Å². The van der Waals surface area contributed by atoms with E-state index in [0.717, 1.165) is 40.2 Å². The molecule has 0 spiro atoms. The number of nitrogens with zero attached hydrogens (tertiary/aromatic N) is 3. The van der Waals surface area contributed by atoms with Gasteiger partial charge in [-0.3, -0.25) is 4.99 Å². The maximum atomic E-state index is 11.9. The summed E-state index contributed by atoms with van der Waals surface area (Å²) in [7, 11) is 4.63. The summed E-state index contributed by atoms with van der Waals surface area (Å²) >= 11 is 0. The molecule has 0 bridgehead atoms. The first kappa shape index (κ1) is 26.4. The van der Waals surface area contributed by atoms with E-state index in [1.807, 2.05) is 39.1 Å². The van der Waals surface area contributed by atoms with Crippen molar-refractivity contribution in [2.45, 2.75) is 33.6 Å². The van der Waals surface area contributed by atoms with E-state index in [9.17, 15) is 4.79 Å². The van der Waals surface area contributed by atoms with Crippen LogP contribution in [0.5, 0.6) is 5.75 Å². The number of carbonyl (C=O) groups excluding carboxylic acids is 1. The van der Waals surface area contributed by atoms with E-state index in [1.165, 1.54) is 19.8 Å². The normalized spacial score (nSPS) is 12.8. The second-order valence-corrected chi connectivity index (χ2v) is 7.94. The number of hydrogen-bond donors (Lipinski definition) is 2. The number of nitrogens with two attached hydrogens (primary N) is 1. The van der Waals surface area contributed by atoms with Gasteiger partial charge >= 0.3 is 5.97 Å². The van der Waals surface area contributed by atoms with Crippen molar-refractivity contribution in [1.82, 2.24) is 9.97 Å². The lowest BCUT2D eigenvalue weighted by Crippen LogP contribution is -2.20. The number of benzene rings is 2. The second-order valence-electron chi connectivity index (χ2n) is 7.94. The standard InChI is InChI=1S/C26H27N5O3.C2H6/c1-15-5-7-16(8-6-15)23(28-2)22-19(27)11-9-18-14-29-26(31-24(18)22)30-20-12-10-17(25(32)34-4)13-21(20)33-3;1-2/h5-8,10,12-14H,9,11,27H2,1-4H3,(H,29,30,31);1-2H3. The molecule has 1 aliphatic carbocycles. The molecule has 8 heteroatoms. The van der Waals surface area contributed by atoms with Crippen LogP contribution in [0, 0.1) is 6.92 Å². The van der Waals surface area contributed by atoms with Gasteiger partial charge in [0, 0.05) is 30.1 Å². The molecule has 0 amide bonds. The monoisotopic (exact) mass is 487 g/mol. The number of aromatic nitrogens is 2. The van der Waals surface area contributed by atoms with E-state index in [2.05, 4.69) is 27.4 Å². The molecule has 1 aliphatic rings. The number of allylic oxidation sites excluding steroid dienone is 2. The summed E-state index contributed by atoms with van der Waals surface area (Å²) in [5, 5.41) is 3.19. The fourth-order valence-corrected chi connectivity index (χ4v) is 3.93. The van der Waals surface area contributed by atoms with Crippen molar-refractivity contribution in [3.63, 3.8) is 0 Å². The SMILES string of the molecule is CC.CN=C(C1=C(N)CCc2cnc(Nc3ccc(C(=O)OC)cc3OC)nc21)c1ccc(C)cc1. The van der Waals surface area contributed by atoms with Crippen molar-refractivity contribution < 1.29 is 14.3 Å². The number of ether oxygens (including phenoxy) is 2. The summed E-state index contributed by atoms with van der Waals surface area (Å²) < 4.78 is 10.2. The van der Waals surface area contributed by atoms with Gasteiger partial charge in [0.25, 0.3) is 0 Å². The smallest absolute Gasteiger partial charge is 0.337 e. The van der Waals surface area contributed by atoms with Crippen molar-refractivity contribution in [1.29, 1.82) is 0 Å². The molecule has 0 atom stereocenters. The van der Waals surface area contributed by atoms with Crippen LogP contribution in [-0.2, 0) is 11.2 Å². The number of esters is 1. The summed E-state index contributed by atoms with van der Waals surface area (Å²) in [6.07, 6.45) is 3.29. The zero-order valence-corrected chi connectivity index (χ0v) is 21.7. The third-order valence-corrected chi connectivity index (χ3v) is 5.74. The number of nitrogens with one attached hydrogen (secondary N) is 1. The molecule has 1 heterocycles. The molecule has 0 radical (unpaired) electrons. The second kappa shape index (κ2) is 12.0. The van der Waals surface area contributed by atoms with Crippen LogP contribution in [0.1, 0.15) is 53.0 Å². The van der Waals surface area contributed by atoms with Gasteiger partial charge in [-0.25, -0.2) is 14.8 Å². The highest BCUT2D eigenvalue weighted by atomic mass is 16.5. The number of carbonyl (C=O) groups is 1. The molecule has 36 heavy (non-hydrogen) atoms. The Morgan fingerprint density at radius 3 is 2.39 bits per heavy atom. The first-order valence-electron chi connectivity index (χ1n) is 11.9. The number of aryl methyl sites for hydroxylation is 2. The Labute approximate surface area is 212 Å². The highest BCUT2D eigenvalue weighted by molar-refractivity contribution is 6.32. The van der Waals surface area contributed by atoms with Crippen LogP contribution in [0.4, 0.5) is 11.6 Å². The number of hydrogen-bond acceptors (Lipinski definition) is 8. The average Bonchev–Trinajstić information content (AvgIpc) is 2.92. The molecule has 0 saturated carbocycles. The molecule has 188 valence electrons. The minimum Gasteiger partial charge on any atom is -0.495 e. The molecule has 0 saturated heterocycles. The molecular weight excluding hydrogens is 454 g/mol. The Bertz CT molecular complexity index is 1300. The van der Waals surface area contributed by atoms with E-state index < -0.39 is 5.97 Å². The van der Waals surface area contributed by atoms with Gasteiger partial charge in [0.15, 0.2) is 0 Å². The largest absolute Gasteiger partial charge is 0.495 e. The molecule has 0 fully saturated rings. The number of rotatable bonds is 6. The maximum absolute atomic E-state index is 11.9. The van der Waals surface area contributed by atoms with Gasteiger partial charge in [0.1, 0.15) is 5.75 Å². The molecular formula is C28H33N5O3. The van der Waals surface area contributed by atoms with Crippen LogP contribution >= 0.6 is 0 Å². The lowest BCUT2D eigenvalue weighted by atomic mass is 9.88. The molecule has 3 aromatic rings.